The minimum absolute atomic E-state index is 0. The molecule has 0 fully saturated rings. The predicted octanol–water partition coefficient (Wildman–Crippen LogP) is 2.32. The summed E-state index contributed by atoms with van der Waals surface area (Å²) in [6, 6.07) is 22.7. The van der Waals surface area contributed by atoms with Crippen LogP contribution in [0.3, 0.4) is 0 Å². The fourth-order valence-corrected chi connectivity index (χ4v) is 3.52. The molecule has 9 heteroatoms. The van der Waals surface area contributed by atoms with Crippen molar-refractivity contribution in [3.05, 3.63) is 95.6 Å². The summed E-state index contributed by atoms with van der Waals surface area (Å²) in [4.78, 5) is 10.2. The maximum Gasteiger partial charge on any atom is 0.337 e. The van der Waals surface area contributed by atoms with Gasteiger partial charge in [0.1, 0.15) is 36.9 Å². The van der Waals surface area contributed by atoms with Gasteiger partial charge in [0.15, 0.2) is 6.10 Å². The van der Waals surface area contributed by atoms with Crippen LogP contribution in [0.4, 0.5) is 0 Å². The van der Waals surface area contributed by atoms with Gasteiger partial charge in [-0.25, -0.2) is 4.79 Å². The molecule has 8 N–H and O–H groups in total. The van der Waals surface area contributed by atoms with Crippen LogP contribution in [-0.4, -0.2) is 51.8 Å². The van der Waals surface area contributed by atoms with Gasteiger partial charge in [0.25, 0.3) is 0 Å². The number of carboxylic acid groups (broad SMARTS) is 1. The van der Waals surface area contributed by atoms with E-state index in [1.807, 2.05) is 48.5 Å². The van der Waals surface area contributed by atoms with Gasteiger partial charge in [-0.3, -0.25) is 0 Å². The van der Waals surface area contributed by atoms with Crippen molar-refractivity contribution in [1.82, 2.24) is 0 Å². The van der Waals surface area contributed by atoms with Gasteiger partial charge >= 0.3 is 5.97 Å². The van der Waals surface area contributed by atoms with Gasteiger partial charge in [-0.2, -0.15) is 0 Å². The van der Waals surface area contributed by atoms with Crippen LogP contribution < -0.4 is 20.9 Å². The number of para-hydroxylation sites is 2. The first-order valence-corrected chi connectivity index (χ1v) is 11.1. The van der Waals surface area contributed by atoms with Gasteiger partial charge in [0.05, 0.1) is 12.1 Å². The van der Waals surface area contributed by atoms with Crippen LogP contribution in [0.15, 0.2) is 78.9 Å². The summed E-state index contributed by atoms with van der Waals surface area (Å²) in [6.45, 7) is 0.580. The average molecular weight is 499 g/mol. The van der Waals surface area contributed by atoms with Crippen LogP contribution in [0.25, 0.3) is 0 Å². The number of benzene rings is 3. The van der Waals surface area contributed by atoms with Crippen molar-refractivity contribution in [1.29, 1.82) is 0 Å². The van der Waals surface area contributed by atoms with Crippen molar-refractivity contribution in [3.63, 3.8) is 0 Å². The van der Waals surface area contributed by atoms with Crippen LogP contribution >= 0.6 is 0 Å². The third-order valence-electron chi connectivity index (χ3n) is 5.55. The maximum absolute atomic E-state index is 10.2. The molecule has 2 heterocycles. The smallest absolute Gasteiger partial charge is 0.337 e. The molecule has 3 unspecified atom stereocenters. The summed E-state index contributed by atoms with van der Waals surface area (Å²) in [5.41, 5.74) is 13.7. The Morgan fingerprint density at radius 2 is 1.14 bits per heavy atom. The largest absolute Gasteiger partial charge is 0.490 e. The molecule has 0 saturated heterocycles. The zero-order chi connectivity index (χ0) is 25.4. The van der Waals surface area contributed by atoms with E-state index in [4.69, 9.17) is 31.2 Å². The number of nitrogens with two attached hydrogens (primary N) is 2. The maximum atomic E-state index is 10.2. The quantitative estimate of drug-likeness (QED) is 0.310. The Kier molecular flexibility index (Phi) is 10.8. The summed E-state index contributed by atoms with van der Waals surface area (Å²) in [5.74, 6) is 0.349. The van der Waals surface area contributed by atoms with Crippen molar-refractivity contribution in [2.24, 2.45) is 11.5 Å². The molecular formula is C27H34N2O7. The molecule has 194 valence electrons. The minimum Gasteiger partial charge on any atom is -0.490 e. The third-order valence-corrected chi connectivity index (χ3v) is 5.55. The van der Waals surface area contributed by atoms with Crippen molar-refractivity contribution in [3.8, 4) is 11.5 Å². The van der Waals surface area contributed by atoms with Gasteiger partial charge in [0, 0.05) is 11.1 Å². The van der Waals surface area contributed by atoms with E-state index in [2.05, 4.69) is 0 Å². The monoisotopic (exact) mass is 498 g/mol. The molecule has 5 rings (SSSR count). The highest BCUT2D eigenvalue weighted by Gasteiger charge is 2.26. The van der Waals surface area contributed by atoms with Crippen molar-refractivity contribution >= 4 is 5.97 Å². The Morgan fingerprint density at radius 1 is 0.750 bits per heavy atom. The second-order valence-electron chi connectivity index (χ2n) is 8.04. The van der Waals surface area contributed by atoms with E-state index in [0.717, 1.165) is 22.6 Å². The van der Waals surface area contributed by atoms with E-state index in [9.17, 15) is 15.0 Å². The van der Waals surface area contributed by atoms with Gasteiger partial charge in [-0.1, -0.05) is 74.2 Å². The second-order valence-corrected chi connectivity index (χ2v) is 8.04. The molecule has 2 aliphatic heterocycles. The summed E-state index contributed by atoms with van der Waals surface area (Å²) in [7, 11) is 0. The highest BCUT2D eigenvalue weighted by molar-refractivity contribution is 5.73. The highest BCUT2D eigenvalue weighted by atomic mass is 16.5. The first-order valence-electron chi connectivity index (χ1n) is 11.1. The fraction of sp³-hybridized carbons (Fsp3) is 0.296. The number of fused-ring (bicyclic) bond motifs is 2. The number of aliphatic hydroxyl groups is 3. The van der Waals surface area contributed by atoms with Crippen LogP contribution in [-0.2, 0) is 4.79 Å². The molecule has 3 aromatic carbocycles. The third kappa shape index (κ3) is 7.27. The lowest BCUT2D eigenvalue weighted by atomic mass is 9.99. The number of ether oxygens (including phenoxy) is 2. The van der Waals surface area contributed by atoms with Crippen molar-refractivity contribution < 1.29 is 34.7 Å². The van der Waals surface area contributed by atoms with Gasteiger partial charge in [-0.15, -0.1) is 0 Å². The van der Waals surface area contributed by atoms with Crippen LogP contribution in [0.5, 0.6) is 11.5 Å². The molecule has 5 atom stereocenters. The van der Waals surface area contributed by atoms with Gasteiger partial charge in [-0.05, 0) is 17.7 Å². The predicted molar refractivity (Wildman–Crippen MR) is 136 cm³/mol. The lowest BCUT2D eigenvalue weighted by Gasteiger charge is -2.27. The molecule has 0 spiro atoms. The summed E-state index contributed by atoms with van der Waals surface area (Å²) in [5, 5.41) is 36.1. The Hall–Kier alpha value is -3.47. The molecule has 0 radical (unpaired) electrons. The lowest BCUT2D eigenvalue weighted by molar-refractivity contribution is -0.146. The minimum atomic E-state index is -1.41. The zero-order valence-electron chi connectivity index (χ0n) is 19.0. The fourth-order valence-electron chi connectivity index (χ4n) is 3.52. The Labute approximate surface area is 210 Å². The number of carbonyl (C=O) groups is 1. The number of aliphatic carboxylic acids is 1. The molecule has 3 aromatic rings. The molecule has 0 saturated carbocycles. The van der Waals surface area contributed by atoms with E-state index in [0.29, 0.717) is 5.56 Å². The number of rotatable bonds is 2. The van der Waals surface area contributed by atoms with Crippen LogP contribution in [0, 0.1) is 0 Å². The van der Waals surface area contributed by atoms with E-state index < -0.39 is 24.3 Å². The highest BCUT2D eigenvalue weighted by Crippen LogP contribution is 2.30. The first-order chi connectivity index (χ1) is 16.8. The molecule has 0 aromatic heterocycles. The molecule has 0 bridgehead atoms. The number of aliphatic hydroxyl groups excluding tert-OH is 3. The number of hydrogen-bond donors (Lipinski definition) is 6. The summed E-state index contributed by atoms with van der Waals surface area (Å²) >= 11 is 0. The molecule has 2 aliphatic rings. The van der Waals surface area contributed by atoms with E-state index >= 15 is 0 Å². The van der Waals surface area contributed by atoms with Gasteiger partial charge < -0.3 is 41.4 Å². The Morgan fingerprint density at radius 3 is 1.56 bits per heavy atom. The Balaban J connectivity index is 0.000000188. The number of carboxylic acids is 1. The molecular weight excluding hydrogens is 464 g/mol. The normalized spacial score (nSPS) is 22.1. The topological polar surface area (TPSA) is 168 Å². The molecule has 9 nitrogen and oxygen atoms in total. The van der Waals surface area contributed by atoms with Crippen molar-refractivity contribution in [2.75, 3.05) is 13.2 Å². The number of hydrogen-bond acceptors (Lipinski definition) is 8. The second kappa shape index (κ2) is 13.6. The van der Waals surface area contributed by atoms with E-state index in [1.165, 1.54) is 0 Å². The van der Waals surface area contributed by atoms with Crippen LogP contribution in [0.1, 0.15) is 42.3 Å². The lowest BCUT2D eigenvalue weighted by Crippen LogP contribution is -2.35. The standard InChI is InChI=1S/2C9H11NO2.C8H8O3.CH4/c2*10-9-6-3-1-2-4-8(6)12-5-7(9)11;9-7(8(10)11)6-4-2-1-3-5-6;/h2*1-4,7,9,11H,5,10H2;1-5,7,9H,(H,10,11);1H4/t7-,9+;;;/m1.../s1. The zero-order valence-corrected chi connectivity index (χ0v) is 19.0. The average Bonchev–Trinajstić information content (AvgIpc) is 2.89. The molecule has 0 amide bonds. The first kappa shape index (κ1) is 28.8. The molecule has 36 heavy (non-hydrogen) atoms. The van der Waals surface area contributed by atoms with E-state index in [-0.39, 0.29) is 32.7 Å². The van der Waals surface area contributed by atoms with E-state index in [1.54, 1.807) is 30.3 Å². The van der Waals surface area contributed by atoms with Gasteiger partial charge in [0.2, 0.25) is 0 Å². The van der Waals surface area contributed by atoms with Crippen molar-refractivity contribution in [2.45, 2.75) is 37.8 Å². The SMILES string of the molecule is C.NC1c2ccccc2OCC1O.N[C@H]1c2ccccc2OC[C@H]1O.O=C(O)C(O)c1ccccc1. The molecule has 0 aliphatic carbocycles. The Bertz CT molecular complexity index is 1040. The summed E-state index contributed by atoms with van der Waals surface area (Å²) in [6.07, 6.45) is -2.57. The van der Waals surface area contributed by atoms with Crippen LogP contribution in [0.2, 0.25) is 0 Å². The summed E-state index contributed by atoms with van der Waals surface area (Å²) < 4.78 is 10.6.